The fourth-order valence-corrected chi connectivity index (χ4v) is 4.20. The summed E-state index contributed by atoms with van der Waals surface area (Å²) in [4.78, 5) is 19.8. The van der Waals surface area contributed by atoms with E-state index in [1.807, 2.05) is 0 Å². The number of hydrogen-bond acceptors (Lipinski definition) is 5. The second kappa shape index (κ2) is 11.7. The molecule has 0 spiro atoms. The van der Waals surface area contributed by atoms with Gasteiger partial charge in [-0.2, -0.15) is 0 Å². The molecule has 1 atom stereocenters. The fraction of sp³-hybridized carbons (Fsp3) is 0.577. The molecule has 2 rings (SSSR count). The second-order valence-electron chi connectivity index (χ2n) is 9.51. The molecule has 0 fully saturated rings. The summed E-state index contributed by atoms with van der Waals surface area (Å²) >= 11 is 1.20. The third kappa shape index (κ3) is 7.22. The third-order valence-corrected chi connectivity index (χ3v) is 7.58. The highest BCUT2D eigenvalue weighted by molar-refractivity contribution is 8.00. The van der Waals surface area contributed by atoms with E-state index in [2.05, 4.69) is 69.7 Å². The minimum atomic E-state index is -0.829. The van der Waals surface area contributed by atoms with Crippen molar-refractivity contribution in [2.75, 3.05) is 6.61 Å². The van der Waals surface area contributed by atoms with Crippen molar-refractivity contribution in [3.05, 3.63) is 47.8 Å². The van der Waals surface area contributed by atoms with E-state index in [1.165, 1.54) is 22.9 Å². The number of carboxylic acid groups (broad SMARTS) is 1. The Hall–Kier alpha value is -2.08. The monoisotopic (exact) mass is 458 g/mol. The van der Waals surface area contributed by atoms with Gasteiger partial charge in [0.05, 0.1) is 6.61 Å². The van der Waals surface area contributed by atoms with Crippen molar-refractivity contribution in [2.45, 2.75) is 94.9 Å². The summed E-state index contributed by atoms with van der Waals surface area (Å²) in [6, 6.07) is 8.34. The molecule has 0 aliphatic rings. The lowest BCUT2D eigenvalue weighted by Gasteiger charge is -2.30. The molecule has 2 aromatic rings. The highest BCUT2D eigenvalue weighted by Gasteiger charge is 2.26. The molecule has 0 saturated heterocycles. The van der Waals surface area contributed by atoms with E-state index < -0.39 is 11.2 Å². The maximum absolute atomic E-state index is 11.6. The number of unbranched alkanes of at least 4 members (excludes halogenated alkanes) is 1. The van der Waals surface area contributed by atoms with E-state index in [0.29, 0.717) is 18.2 Å². The van der Waals surface area contributed by atoms with Crippen LogP contribution in [-0.4, -0.2) is 32.9 Å². The van der Waals surface area contributed by atoms with Crippen LogP contribution >= 0.6 is 11.8 Å². The van der Waals surface area contributed by atoms with Crippen molar-refractivity contribution in [3.8, 4) is 5.75 Å². The first kappa shape index (κ1) is 26.2. The van der Waals surface area contributed by atoms with E-state index in [0.717, 1.165) is 31.4 Å². The number of thioether (sulfide) groups is 1. The number of carbonyl (C=O) groups is 1. The van der Waals surface area contributed by atoms with Gasteiger partial charge >= 0.3 is 5.97 Å². The number of aromatic nitrogens is 2. The quantitative estimate of drug-likeness (QED) is 0.206. The Balaban J connectivity index is 1.98. The van der Waals surface area contributed by atoms with E-state index in [4.69, 9.17) is 4.74 Å². The van der Waals surface area contributed by atoms with Gasteiger partial charge in [-0.25, -0.2) is 9.97 Å². The summed E-state index contributed by atoms with van der Waals surface area (Å²) in [7, 11) is 0. The molecule has 6 heteroatoms. The van der Waals surface area contributed by atoms with Crippen molar-refractivity contribution >= 4 is 17.7 Å². The van der Waals surface area contributed by atoms with E-state index in [-0.39, 0.29) is 10.8 Å². The maximum Gasteiger partial charge on any atom is 0.317 e. The van der Waals surface area contributed by atoms with Crippen LogP contribution in [0.4, 0.5) is 0 Å². The molecule has 176 valence electrons. The van der Waals surface area contributed by atoms with Gasteiger partial charge in [-0.3, -0.25) is 4.79 Å². The molecule has 0 bridgehead atoms. The van der Waals surface area contributed by atoms with Crippen molar-refractivity contribution in [2.24, 2.45) is 0 Å². The summed E-state index contributed by atoms with van der Waals surface area (Å²) < 4.78 is 6.21. The molecule has 32 heavy (non-hydrogen) atoms. The molecule has 0 saturated carbocycles. The zero-order chi connectivity index (χ0) is 23.8. The molecule has 1 aromatic carbocycles. The normalized spacial score (nSPS) is 13.1. The van der Waals surface area contributed by atoms with Crippen molar-refractivity contribution < 1.29 is 14.6 Å². The molecule has 0 aliphatic heterocycles. The maximum atomic E-state index is 11.6. The lowest BCUT2D eigenvalue weighted by atomic mass is 9.76. The zero-order valence-corrected chi connectivity index (χ0v) is 21.2. The molecule has 0 aliphatic carbocycles. The highest BCUT2D eigenvalue weighted by Crippen LogP contribution is 2.38. The van der Waals surface area contributed by atoms with E-state index >= 15 is 0 Å². The summed E-state index contributed by atoms with van der Waals surface area (Å²) in [5, 5.41) is 9.47. The molecular weight excluding hydrogens is 420 g/mol. The van der Waals surface area contributed by atoms with Crippen LogP contribution in [-0.2, 0) is 15.6 Å². The topological polar surface area (TPSA) is 72.3 Å². The summed E-state index contributed by atoms with van der Waals surface area (Å²) in [6.45, 7) is 14.1. The van der Waals surface area contributed by atoms with E-state index in [1.54, 1.807) is 18.5 Å². The van der Waals surface area contributed by atoms with Crippen LogP contribution in [0.5, 0.6) is 5.75 Å². The lowest BCUT2D eigenvalue weighted by Crippen LogP contribution is -2.21. The number of ether oxygens (including phenoxy) is 1. The van der Waals surface area contributed by atoms with Gasteiger partial charge in [-0.15, -0.1) is 0 Å². The average Bonchev–Trinajstić information content (AvgIpc) is 2.78. The first-order valence-corrected chi connectivity index (χ1v) is 12.4. The first-order chi connectivity index (χ1) is 15.1. The Kier molecular flexibility index (Phi) is 9.56. The van der Waals surface area contributed by atoms with Crippen LogP contribution in [0.1, 0.15) is 84.8 Å². The molecule has 0 radical (unpaired) electrons. The van der Waals surface area contributed by atoms with Gasteiger partial charge in [0.2, 0.25) is 0 Å². The van der Waals surface area contributed by atoms with Gasteiger partial charge in [0.1, 0.15) is 11.0 Å². The Morgan fingerprint density at radius 2 is 1.72 bits per heavy atom. The van der Waals surface area contributed by atoms with Crippen LogP contribution < -0.4 is 4.74 Å². The Bertz CT molecular complexity index is 869. The van der Waals surface area contributed by atoms with Crippen molar-refractivity contribution in [1.29, 1.82) is 0 Å². The van der Waals surface area contributed by atoms with E-state index in [9.17, 15) is 9.90 Å². The van der Waals surface area contributed by atoms with Crippen LogP contribution in [0.2, 0.25) is 0 Å². The van der Waals surface area contributed by atoms with Gasteiger partial charge in [0.25, 0.3) is 0 Å². The number of benzene rings is 1. The van der Waals surface area contributed by atoms with Crippen LogP contribution in [0.25, 0.3) is 0 Å². The first-order valence-electron chi connectivity index (χ1n) is 11.5. The molecule has 1 unspecified atom stereocenters. The molecule has 1 heterocycles. The average molecular weight is 459 g/mol. The van der Waals surface area contributed by atoms with Gasteiger partial charge in [-0.05, 0) is 60.6 Å². The van der Waals surface area contributed by atoms with Gasteiger partial charge < -0.3 is 9.84 Å². The number of nitrogens with zero attached hydrogens (tertiary/aromatic N) is 2. The molecule has 1 aromatic heterocycles. The van der Waals surface area contributed by atoms with Crippen molar-refractivity contribution in [3.63, 3.8) is 0 Å². The second-order valence-corrected chi connectivity index (χ2v) is 10.7. The number of aliphatic carboxylic acids is 1. The van der Waals surface area contributed by atoms with Crippen molar-refractivity contribution in [1.82, 2.24) is 9.97 Å². The van der Waals surface area contributed by atoms with Gasteiger partial charge in [-0.1, -0.05) is 65.4 Å². The SMILES string of the molecule is CCC(C)(C)c1ccc(OCCCCC(Sc2ncccn2)C(=O)O)c(C(C)(C)CC)c1. The largest absolute Gasteiger partial charge is 0.493 e. The number of rotatable bonds is 13. The lowest BCUT2D eigenvalue weighted by molar-refractivity contribution is -0.136. The fourth-order valence-electron chi connectivity index (χ4n) is 3.32. The Labute approximate surface area is 197 Å². The van der Waals surface area contributed by atoms with Crippen LogP contribution in [0, 0.1) is 0 Å². The predicted molar refractivity (Wildman–Crippen MR) is 132 cm³/mol. The minimum absolute atomic E-state index is 0.0237. The Morgan fingerprint density at radius 3 is 2.31 bits per heavy atom. The smallest absolute Gasteiger partial charge is 0.317 e. The summed E-state index contributed by atoms with van der Waals surface area (Å²) in [6.07, 6.45) is 7.49. The van der Waals surface area contributed by atoms with Gasteiger partial charge in [0, 0.05) is 18.0 Å². The molecule has 0 amide bonds. The molecule has 5 nitrogen and oxygen atoms in total. The molecular formula is C26H38N2O3S. The summed E-state index contributed by atoms with van der Waals surface area (Å²) in [5.41, 5.74) is 2.74. The highest BCUT2D eigenvalue weighted by atomic mass is 32.2. The van der Waals surface area contributed by atoms with Gasteiger partial charge in [0.15, 0.2) is 5.16 Å². The zero-order valence-electron chi connectivity index (χ0n) is 20.4. The summed E-state index contributed by atoms with van der Waals surface area (Å²) in [5.74, 6) is 0.110. The number of carboxylic acids is 1. The third-order valence-electron chi connectivity index (χ3n) is 6.44. The van der Waals surface area contributed by atoms with Crippen LogP contribution in [0.3, 0.4) is 0 Å². The van der Waals surface area contributed by atoms with Crippen LogP contribution in [0.15, 0.2) is 41.8 Å². The molecule has 1 N–H and O–H groups in total. The minimum Gasteiger partial charge on any atom is -0.493 e. The number of hydrogen-bond donors (Lipinski definition) is 1. The predicted octanol–water partition coefficient (Wildman–Crippen LogP) is 6.65. The Morgan fingerprint density at radius 1 is 1.06 bits per heavy atom. The standard InChI is InChI=1S/C26H38N2O3S/c1-7-25(3,4)19-13-14-21(20(18-19)26(5,6)8-2)31-17-10-9-12-22(23(29)30)32-24-27-15-11-16-28-24/h11,13-16,18,22H,7-10,12,17H2,1-6H3,(H,29,30).